The van der Waals surface area contributed by atoms with E-state index in [0.717, 1.165) is 30.1 Å². The summed E-state index contributed by atoms with van der Waals surface area (Å²) in [5.41, 5.74) is 2.30. The fourth-order valence-electron chi connectivity index (χ4n) is 3.20. The number of thiazole rings is 1. The molecule has 3 heterocycles. The Morgan fingerprint density at radius 3 is 2.83 bits per heavy atom. The van der Waals surface area contributed by atoms with E-state index in [-0.39, 0.29) is 18.2 Å². The van der Waals surface area contributed by atoms with Crippen LogP contribution in [0.4, 0.5) is 11.5 Å². The van der Waals surface area contributed by atoms with E-state index in [1.165, 1.54) is 17.5 Å². The van der Waals surface area contributed by atoms with Gasteiger partial charge in [-0.1, -0.05) is 29.8 Å². The van der Waals surface area contributed by atoms with Gasteiger partial charge in [0.2, 0.25) is 5.91 Å². The molecule has 1 aliphatic heterocycles. The Labute approximate surface area is 183 Å². The number of carbonyl (C=O) groups is 2. The van der Waals surface area contributed by atoms with E-state index in [9.17, 15) is 9.59 Å². The minimum atomic E-state index is -0.260. The van der Waals surface area contributed by atoms with E-state index in [1.54, 1.807) is 18.2 Å². The van der Waals surface area contributed by atoms with Crippen molar-refractivity contribution in [1.29, 1.82) is 0 Å². The summed E-state index contributed by atoms with van der Waals surface area (Å²) in [4.78, 5) is 37.1. The van der Waals surface area contributed by atoms with Gasteiger partial charge >= 0.3 is 0 Å². The molecule has 0 unspecified atom stereocenters. The first-order valence-corrected chi connectivity index (χ1v) is 10.6. The second-order valence-electron chi connectivity index (χ2n) is 7.07. The van der Waals surface area contributed by atoms with Crippen molar-refractivity contribution < 1.29 is 9.59 Å². The van der Waals surface area contributed by atoms with Gasteiger partial charge in [0.1, 0.15) is 5.82 Å². The Hall–Kier alpha value is -2.81. The summed E-state index contributed by atoms with van der Waals surface area (Å²) in [5.74, 6) is -0.0761. The molecule has 1 aromatic carbocycles. The average Bonchev–Trinajstić information content (AvgIpc) is 3.14. The topological polar surface area (TPSA) is 87.2 Å². The number of rotatable bonds is 5. The molecule has 4 rings (SSSR count). The van der Waals surface area contributed by atoms with Crippen LogP contribution in [0.3, 0.4) is 0 Å². The molecular formula is C21H20ClN5O2S. The highest BCUT2D eigenvalue weighted by molar-refractivity contribution is 7.13. The normalized spacial score (nSPS) is 13.5. The van der Waals surface area contributed by atoms with Crippen LogP contribution in [0.2, 0.25) is 5.02 Å². The van der Waals surface area contributed by atoms with Crippen LogP contribution in [-0.2, 0) is 24.2 Å². The number of nitrogens with one attached hydrogen (secondary N) is 2. The van der Waals surface area contributed by atoms with Crippen molar-refractivity contribution >= 4 is 46.3 Å². The number of halogens is 1. The molecule has 9 heteroatoms. The number of carbonyl (C=O) groups excluding carboxylic acids is 2. The van der Waals surface area contributed by atoms with Gasteiger partial charge in [0.25, 0.3) is 5.91 Å². The Kier molecular flexibility index (Phi) is 6.08. The van der Waals surface area contributed by atoms with Crippen molar-refractivity contribution in [3.05, 3.63) is 68.8 Å². The highest BCUT2D eigenvalue weighted by Gasteiger charge is 2.22. The monoisotopic (exact) mass is 441 g/mol. The third-order valence-corrected chi connectivity index (χ3v) is 6.03. The third-order valence-electron chi connectivity index (χ3n) is 4.73. The quantitative estimate of drug-likeness (QED) is 0.631. The molecule has 7 nitrogen and oxygen atoms in total. The van der Waals surface area contributed by atoms with Gasteiger partial charge in [0.15, 0.2) is 5.01 Å². The summed E-state index contributed by atoms with van der Waals surface area (Å²) >= 11 is 7.24. The first-order chi connectivity index (χ1) is 14.5. The number of hydrogen-bond acceptors (Lipinski definition) is 6. The standard InChI is InChI=1S/C21H20ClN5O2S/c1-27-9-8-16-17(12-27)30-21(25-16)20(29)24-15-5-3-2-4-13(15)10-19(28)26-18-7-6-14(22)11-23-18/h2-7,11H,8-10,12H2,1H3,(H,24,29)(H,23,26,28). The smallest absolute Gasteiger partial charge is 0.284 e. The lowest BCUT2D eigenvalue weighted by Gasteiger charge is -2.20. The largest absolute Gasteiger partial charge is 0.320 e. The molecule has 0 saturated carbocycles. The summed E-state index contributed by atoms with van der Waals surface area (Å²) in [5, 5.41) is 6.58. The second-order valence-corrected chi connectivity index (χ2v) is 8.59. The number of likely N-dealkylation sites (N-methyl/N-ethyl adjacent to an activating group) is 1. The second kappa shape index (κ2) is 8.91. The molecule has 3 aromatic rings. The van der Waals surface area contributed by atoms with E-state index in [4.69, 9.17) is 11.6 Å². The van der Waals surface area contributed by atoms with E-state index >= 15 is 0 Å². The van der Waals surface area contributed by atoms with E-state index < -0.39 is 0 Å². The lowest BCUT2D eigenvalue weighted by atomic mass is 10.1. The number of nitrogens with zero attached hydrogens (tertiary/aromatic N) is 3. The summed E-state index contributed by atoms with van der Waals surface area (Å²) in [6, 6.07) is 10.5. The number of para-hydroxylation sites is 1. The van der Waals surface area contributed by atoms with Crippen molar-refractivity contribution in [2.75, 3.05) is 24.2 Å². The van der Waals surface area contributed by atoms with Crippen LogP contribution in [-0.4, -0.2) is 40.3 Å². The minimum absolute atomic E-state index is 0.0971. The van der Waals surface area contributed by atoms with Crippen LogP contribution >= 0.6 is 22.9 Å². The van der Waals surface area contributed by atoms with E-state index in [2.05, 4.69) is 32.5 Å². The molecule has 0 aliphatic carbocycles. The molecule has 0 spiro atoms. The van der Waals surface area contributed by atoms with Gasteiger partial charge in [-0.2, -0.15) is 0 Å². The van der Waals surface area contributed by atoms with Gasteiger partial charge in [-0.05, 0) is 30.8 Å². The molecule has 2 amide bonds. The summed E-state index contributed by atoms with van der Waals surface area (Å²) in [6.07, 6.45) is 2.42. The Bertz CT molecular complexity index is 1080. The van der Waals surface area contributed by atoms with Crippen LogP contribution in [0.15, 0.2) is 42.6 Å². The third kappa shape index (κ3) is 4.84. The van der Waals surface area contributed by atoms with Crippen molar-refractivity contribution in [2.24, 2.45) is 0 Å². The lowest BCUT2D eigenvalue weighted by molar-refractivity contribution is -0.115. The van der Waals surface area contributed by atoms with Gasteiger partial charge in [-0.3, -0.25) is 9.59 Å². The van der Waals surface area contributed by atoms with Crippen LogP contribution < -0.4 is 10.6 Å². The molecule has 1 aliphatic rings. The average molecular weight is 442 g/mol. The molecule has 0 bridgehead atoms. The minimum Gasteiger partial charge on any atom is -0.320 e. The first kappa shape index (κ1) is 20.5. The maximum absolute atomic E-state index is 12.8. The molecule has 0 atom stereocenters. The summed E-state index contributed by atoms with van der Waals surface area (Å²) < 4.78 is 0. The molecule has 2 aromatic heterocycles. The van der Waals surface area contributed by atoms with Crippen molar-refractivity contribution in [2.45, 2.75) is 19.4 Å². The van der Waals surface area contributed by atoms with Crippen LogP contribution in [0.5, 0.6) is 0 Å². The van der Waals surface area contributed by atoms with Gasteiger partial charge in [0.05, 0.1) is 17.1 Å². The fourth-order valence-corrected chi connectivity index (χ4v) is 4.40. The predicted molar refractivity (Wildman–Crippen MR) is 118 cm³/mol. The number of aromatic nitrogens is 2. The predicted octanol–water partition coefficient (Wildman–Crippen LogP) is 3.61. The van der Waals surface area contributed by atoms with Gasteiger partial charge < -0.3 is 15.5 Å². The number of benzene rings is 1. The molecular weight excluding hydrogens is 422 g/mol. The molecule has 30 heavy (non-hydrogen) atoms. The van der Waals surface area contributed by atoms with Crippen molar-refractivity contribution in [1.82, 2.24) is 14.9 Å². The number of pyridine rings is 1. The van der Waals surface area contributed by atoms with Gasteiger partial charge in [0, 0.05) is 36.3 Å². The van der Waals surface area contributed by atoms with E-state index in [1.807, 2.05) is 18.2 Å². The molecule has 0 radical (unpaired) electrons. The summed E-state index contributed by atoms with van der Waals surface area (Å²) in [7, 11) is 2.06. The molecule has 0 saturated heterocycles. The zero-order valence-electron chi connectivity index (χ0n) is 16.3. The maximum Gasteiger partial charge on any atom is 0.284 e. The van der Waals surface area contributed by atoms with Gasteiger partial charge in [-0.15, -0.1) is 11.3 Å². The van der Waals surface area contributed by atoms with Crippen molar-refractivity contribution in [3.8, 4) is 0 Å². The molecule has 2 N–H and O–H groups in total. The molecule has 0 fully saturated rings. The number of amides is 2. The van der Waals surface area contributed by atoms with Gasteiger partial charge in [-0.25, -0.2) is 9.97 Å². The first-order valence-electron chi connectivity index (χ1n) is 9.46. The SMILES string of the molecule is CN1CCc2nc(C(=O)Nc3ccccc3CC(=O)Nc3ccc(Cl)cn3)sc2C1. The Morgan fingerprint density at radius 1 is 1.20 bits per heavy atom. The van der Waals surface area contributed by atoms with Crippen LogP contribution in [0, 0.1) is 0 Å². The number of fused-ring (bicyclic) bond motifs is 1. The Morgan fingerprint density at radius 2 is 2.03 bits per heavy atom. The highest BCUT2D eigenvalue weighted by atomic mass is 35.5. The van der Waals surface area contributed by atoms with Crippen molar-refractivity contribution in [3.63, 3.8) is 0 Å². The highest BCUT2D eigenvalue weighted by Crippen LogP contribution is 2.26. The number of hydrogen-bond donors (Lipinski definition) is 2. The molecule has 154 valence electrons. The maximum atomic E-state index is 12.8. The fraction of sp³-hybridized carbons (Fsp3) is 0.238. The Balaban J connectivity index is 1.44. The zero-order valence-corrected chi connectivity index (χ0v) is 17.9. The van der Waals surface area contributed by atoms with Crippen LogP contribution in [0.25, 0.3) is 0 Å². The van der Waals surface area contributed by atoms with Crippen LogP contribution in [0.1, 0.15) is 25.9 Å². The zero-order chi connectivity index (χ0) is 21.1. The van der Waals surface area contributed by atoms with E-state index in [0.29, 0.717) is 27.1 Å². The lowest BCUT2D eigenvalue weighted by Crippen LogP contribution is -2.25. The number of anilines is 2. The summed E-state index contributed by atoms with van der Waals surface area (Å²) in [6.45, 7) is 1.76.